The molecule has 180 valence electrons. The van der Waals surface area contributed by atoms with Gasteiger partial charge in [-0.05, 0) is 37.6 Å². The second-order valence-corrected chi connectivity index (χ2v) is 10.9. The van der Waals surface area contributed by atoms with Gasteiger partial charge < -0.3 is 15.3 Å². The largest absolute Gasteiger partial charge is 0.465 e. The van der Waals surface area contributed by atoms with Crippen LogP contribution < -0.4 is 9.62 Å². The molecule has 3 aromatic rings. The molecule has 0 radical (unpaired) electrons. The van der Waals surface area contributed by atoms with Crippen molar-refractivity contribution in [1.29, 1.82) is 0 Å². The highest BCUT2D eigenvalue weighted by molar-refractivity contribution is 7.93. The molecule has 1 aliphatic heterocycles. The van der Waals surface area contributed by atoms with Crippen LogP contribution in [0.4, 0.5) is 16.2 Å². The quantitative estimate of drug-likeness (QED) is 0.368. The Bertz CT molecular complexity index is 1340. The number of carboxylic acid groups (broad SMARTS) is 1. The first-order valence-electron chi connectivity index (χ1n) is 10.5. The van der Waals surface area contributed by atoms with E-state index in [0.29, 0.717) is 30.7 Å². The van der Waals surface area contributed by atoms with Crippen LogP contribution in [0.5, 0.6) is 0 Å². The standard InChI is InChI=1S/C21H23N5O6S2/c1-14-23-17-12-16(6-7-19(17)33-14)25(10-8-15-13-24(21(27)28)11-9-22-15)34(31,32)20-5-3-2-4-18(20)26(29)30/h2-7,12,15,22H,8-11,13H2,1H3,(H,27,28)/t15-/m1/s1. The van der Waals surface area contributed by atoms with Gasteiger partial charge in [0.05, 0.1) is 25.8 Å². The molecule has 0 unspecified atom stereocenters. The number of carbonyl (C=O) groups is 1. The Labute approximate surface area is 199 Å². The molecule has 2 N–H and O–H groups in total. The van der Waals surface area contributed by atoms with E-state index in [-0.39, 0.29) is 19.1 Å². The maximum atomic E-state index is 13.7. The molecule has 0 aliphatic carbocycles. The van der Waals surface area contributed by atoms with Gasteiger partial charge in [-0.1, -0.05) is 12.1 Å². The van der Waals surface area contributed by atoms with E-state index in [2.05, 4.69) is 10.3 Å². The summed E-state index contributed by atoms with van der Waals surface area (Å²) in [7, 11) is -4.31. The van der Waals surface area contributed by atoms with E-state index in [9.17, 15) is 28.4 Å². The zero-order valence-electron chi connectivity index (χ0n) is 18.2. The molecule has 2 heterocycles. The molecule has 1 atom stereocenters. The third-order valence-electron chi connectivity index (χ3n) is 5.60. The number of nitrogens with zero attached hydrogens (tertiary/aromatic N) is 4. The summed E-state index contributed by atoms with van der Waals surface area (Å²) in [5.74, 6) is 0. The van der Waals surface area contributed by atoms with E-state index in [1.54, 1.807) is 18.2 Å². The van der Waals surface area contributed by atoms with Crippen LogP contribution in [0, 0.1) is 17.0 Å². The predicted octanol–water partition coefficient (Wildman–Crippen LogP) is 3.05. The number of anilines is 1. The molecule has 13 heteroatoms. The van der Waals surface area contributed by atoms with Crippen molar-refractivity contribution in [2.45, 2.75) is 24.3 Å². The van der Waals surface area contributed by atoms with Gasteiger partial charge in [-0.2, -0.15) is 0 Å². The minimum absolute atomic E-state index is 0.00582. The van der Waals surface area contributed by atoms with Gasteiger partial charge in [-0.15, -0.1) is 11.3 Å². The second kappa shape index (κ2) is 9.52. The van der Waals surface area contributed by atoms with Crippen LogP contribution in [-0.2, 0) is 10.0 Å². The average molecular weight is 506 g/mol. The van der Waals surface area contributed by atoms with Crippen molar-refractivity contribution in [3.63, 3.8) is 0 Å². The fourth-order valence-corrected chi connectivity index (χ4v) is 6.42. The number of aromatic nitrogens is 1. The first kappa shape index (κ1) is 23.9. The summed E-state index contributed by atoms with van der Waals surface area (Å²) in [6.07, 6.45) is -0.724. The Hall–Kier alpha value is -3.29. The lowest BCUT2D eigenvalue weighted by molar-refractivity contribution is -0.387. The number of nitro benzene ring substituents is 1. The van der Waals surface area contributed by atoms with Gasteiger partial charge in [0.2, 0.25) is 0 Å². The van der Waals surface area contributed by atoms with Crippen molar-refractivity contribution in [2.24, 2.45) is 0 Å². The Kier molecular flexibility index (Phi) is 6.68. The lowest BCUT2D eigenvalue weighted by Crippen LogP contribution is -2.53. The molecular formula is C21H23N5O6S2. The summed E-state index contributed by atoms with van der Waals surface area (Å²) in [6, 6.07) is 10.1. The van der Waals surface area contributed by atoms with Gasteiger partial charge in [-0.25, -0.2) is 18.2 Å². The van der Waals surface area contributed by atoms with Crippen LogP contribution in [-0.4, -0.2) is 66.6 Å². The highest BCUT2D eigenvalue weighted by atomic mass is 32.2. The number of benzene rings is 2. The monoisotopic (exact) mass is 505 g/mol. The van der Waals surface area contributed by atoms with Gasteiger partial charge in [0, 0.05) is 38.3 Å². The Morgan fingerprint density at radius 2 is 2.12 bits per heavy atom. The molecule has 1 amide bonds. The number of sulfonamides is 1. The van der Waals surface area contributed by atoms with E-state index >= 15 is 0 Å². The van der Waals surface area contributed by atoms with Crippen molar-refractivity contribution in [1.82, 2.24) is 15.2 Å². The zero-order valence-corrected chi connectivity index (χ0v) is 19.9. The number of fused-ring (bicyclic) bond motifs is 1. The normalized spacial score (nSPS) is 16.5. The third-order valence-corrected chi connectivity index (χ3v) is 8.43. The first-order valence-corrected chi connectivity index (χ1v) is 12.8. The average Bonchev–Trinajstić information content (AvgIpc) is 3.18. The Balaban J connectivity index is 1.72. The molecular weight excluding hydrogens is 482 g/mol. The zero-order chi connectivity index (χ0) is 24.5. The number of nitrogens with one attached hydrogen (secondary N) is 1. The van der Waals surface area contributed by atoms with E-state index < -0.39 is 31.6 Å². The van der Waals surface area contributed by atoms with Crippen molar-refractivity contribution >= 4 is 49.0 Å². The number of amides is 1. The molecule has 0 bridgehead atoms. The van der Waals surface area contributed by atoms with Gasteiger partial charge >= 0.3 is 6.09 Å². The number of nitro groups is 1. The number of para-hydroxylation sites is 1. The molecule has 1 saturated heterocycles. The molecule has 11 nitrogen and oxygen atoms in total. The molecule has 1 aromatic heterocycles. The minimum atomic E-state index is -4.31. The Morgan fingerprint density at radius 3 is 2.85 bits per heavy atom. The molecule has 1 aliphatic rings. The fourth-order valence-electron chi connectivity index (χ4n) is 3.98. The van der Waals surface area contributed by atoms with E-state index in [1.807, 2.05) is 6.92 Å². The fraction of sp³-hybridized carbons (Fsp3) is 0.333. The number of rotatable bonds is 7. The molecule has 0 saturated carbocycles. The van der Waals surface area contributed by atoms with Gasteiger partial charge in [0.25, 0.3) is 15.7 Å². The number of piperazine rings is 1. The highest BCUT2D eigenvalue weighted by Crippen LogP contribution is 2.33. The van der Waals surface area contributed by atoms with Crippen molar-refractivity contribution in [2.75, 3.05) is 30.5 Å². The summed E-state index contributed by atoms with van der Waals surface area (Å²) in [6.45, 7) is 2.88. The molecule has 1 fully saturated rings. The van der Waals surface area contributed by atoms with Crippen LogP contribution in [0.3, 0.4) is 0 Å². The van der Waals surface area contributed by atoms with Gasteiger partial charge in [0.15, 0.2) is 4.90 Å². The topological polar surface area (TPSA) is 146 Å². The molecule has 4 rings (SSSR count). The van der Waals surface area contributed by atoms with Crippen LogP contribution in [0.1, 0.15) is 11.4 Å². The molecule has 34 heavy (non-hydrogen) atoms. The smallest absolute Gasteiger partial charge is 0.407 e. The van der Waals surface area contributed by atoms with Crippen molar-refractivity contribution in [3.05, 3.63) is 57.6 Å². The third kappa shape index (κ3) is 4.81. The summed E-state index contributed by atoms with van der Waals surface area (Å²) >= 11 is 1.48. The maximum absolute atomic E-state index is 13.7. The molecule has 2 aromatic carbocycles. The summed E-state index contributed by atoms with van der Waals surface area (Å²) < 4.78 is 29.5. The maximum Gasteiger partial charge on any atom is 0.407 e. The summed E-state index contributed by atoms with van der Waals surface area (Å²) in [5.41, 5.74) is 0.461. The Morgan fingerprint density at radius 1 is 1.35 bits per heavy atom. The predicted molar refractivity (Wildman–Crippen MR) is 128 cm³/mol. The van der Waals surface area contributed by atoms with Crippen molar-refractivity contribution < 1.29 is 23.2 Å². The van der Waals surface area contributed by atoms with Crippen LogP contribution in [0.15, 0.2) is 47.4 Å². The van der Waals surface area contributed by atoms with E-state index in [1.165, 1.54) is 34.4 Å². The van der Waals surface area contributed by atoms with Gasteiger partial charge in [-0.3, -0.25) is 14.4 Å². The highest BCUT2D eigenvalue weighted by Gasteiger charge is 2.33. The van der Waals surface area contributed by atoms with Crippen LogP contribution >= 0.6 is 11.3 Å². The van der Waals surface area contributed by atoms with E-state index in [0.717, 1.165) is 20.1 Å². The van der Waals surface area contributed by atoms with Crippen molar-refractivity contribution in [3.8, 4) is 0 Å². The second-order valence-electron chi connectivity index (χ2n) is 7.86. The van der Waals surface area contributed by atoms with E-state index in [4.69, 9.17) is 0 Å². The van der Waals surface area contributed by atoms with Crippen LogP contribution in [0.2, 0.25) is 0 Å². The number of hydrogen-bond acceptors (Lipinski definition) is 8. The van der Waals surface area contributed by atoms with Gasteiger partial charge in [0.1, 0.15) is 0 Å². The minimum Gasteiger partial charge on any atom is -0.465 e. The van der Waals surface area contributed by atoms with Crippen LogP contribution in [0.25, 0.3) is 10.2 Å². The first-order chi connectivity index (χ1) is 16.2. The number of hydrogen-bond donors (Lipinski definition) is 2. The number of thiazole rings is 1. The number of aryl methyl sites for hydroxylation is 1. The summed E-state index contributed by atoms with van der Waals surface area (Å²) in [4.78, 5) is 27.5. The lowest BCUT2D eigenvalue weighted by atomic mass is 10.1. The SMILES string of the molecule is Cc1nc2cc(N(CC[C@@H]3CN(C(=O)O)CCN3)S(=O)(=O)c3ccccc3[N+](=O)[O-])ccc2s1. The lowest BCUT2D eigenvalue weighted by Gasteiger charge is -2.33. The molecule has 0 spiro atoms. The summed E-state index contributed by atoms with van der Waals surface area (Å²) in [5, 5.41) is 24.9.